The van der Waals surface area contributed by atoms with Crippen molar-refractivity contribution in [2.75, 3.05) is 0 Å². The predicted octanol–water partition coefficient (Wildman–Crippen LogP) is 2.81. The van der Waals surface area contributed by atoms with Gasteiger partial charge in [-0.3, -0.25) is 9.78 Å². The Morgan fingerprint density at radius 2 is 2.05 bits per heavy atom. The first kappa shape index (κ1) is 13.9. The van der Waals surface area contributed by atoms with E-state index in [1.165, 1.54) is 24.4 Å². The van der Waals surface area contributed by atoms with Crippen LogP contribution in [0.1, 0.15) is 16.1 Å². The zero-order chi connectivity index (χ0) is 15.4. The van der Waals surface area contributed by atoms with Gasteiger partial charge in [0.2, 0.25) is 0 Å². The van der Waals surface area contributed by atoms with Gasteiger partial charge in [-0.25, -0.2) is 9.37 Å². The maximum Gasteiger partial charge on any atom is 0.251 e. The van der Waals surface area contributed by atoms with Crippen LogP contribution >= 0.6 is 0 Å². The van der Waals surface area contributed by atoms with Gasteiger partial charge >= 0.3 is 0 Å². The molecule has 0 spiro atoms. The second kappa shape index (κ2) is 6.17. The van der Waals surface area contributed by atoms with E-state index in [1.807, 2.05) is 0 Å². The topological polar surface area (TPSA) is 68.0 Å². The molecule has 1 amide bonds. The van der Waals surface area contributed by atoms with Crippen LogP contribution in [-0.4, -0.2) is 15.9 Å². The van der Waals surface area contributed by atoms with Crippen LogP contribution in [0.5, 0.6) is 0 Å². The molecule has 5 nitrogen and oxygen atoms in total. The third-order valence-corrected chi connectivity index (χ3v) is 3.03. The van der Waals surface area contributed by atoms with Crippen molar-refractivity contribution in [2.24, 2.45) is 0 Å². The van der Waals surface area contributed by atoms with Crippen LogP contribution in [0.2, 0.25) is 0 Å². The molecule has 0 atom stereocenters. The number of nitrogens with one attached hydrogen (secondary N) is 1. The van der Waals surface area contributed by atoms with Crippen molar-refractivity contribution in [2.45, 2.75) is 6.54 Å². The molecule has 2 heterocycles. The van der Waals surface area contributed by atoms with E-state index >= 15 is 0 Å². The third kappa shape index (κ3) is 3.01. The maximum absolute atomic E-state index is 13.1. The van der Waals surface area contributed by atoms with Gasteiger partial charge in [0.25, 0.3) is 5.91 Å². The van der Waals surface area contributed by atoms with Gasteiger partial charge in [0, 0.05) is 18.0 Å². The van der Waals surface area contributed by atoms with E-state index in [0.29, 0.717) is 17.1 Å². The van der Waals surface area contributed by atoms with Gasteiger partial charge < -0.3 is 9.73 Å². The summed E-state index contributed by atoms with van der Waals surface area (Å²) in [6.45, 7) is 0.166. The van der Waals surface area contributed by atoms with Crippen molar-refractivity contribution in [1.29, 1.82) is 0 Å². The lowest BCUT2D eigenvalue weighted by molar-refractivity contribution is 0.0950. The number of carbonyl (C=O) groups is 1. The van der Waals surface area contributed by atoms with Crippen molar-refractivity contribution in [1.82, 2.24) is 15.3 Å². The SMILES string of the molecule is O=C(NCc1nccnc1-c1ccco1)c1cccc(F)c1. The van der Waals surface area contributed by atoms with Crippen LogP contribution in [0.4, 0.5) is 4.39 Å². The molecule has 110 valence electrons. The van der Waals surface area contributed by atoms with E-state index in [1.54, 1.807) is 30.7 Å². The molecule has 6 heteroatoms. The highest BCUT2D eigenvalue weighted by atomic mass is 19.1. The molecule has 1 N–H and O–H groups in total. The monoisotopic (exact) mass is 297 g/mol. The van der Waals surface area contributed by atoms with Gasteiger partial charge in [0.1, 0.15) is 11.5 Å². The van der Waals surface area contributed by atoms with E-state index in [-0.39, 0.29) is 18.0 Å². The van der Waals surface area contributed by atoms with Crippen LogP contribution in [0, 0.1) is 5.82 Å². The smallest absolute Gasteiger partial charge is 0.251 e. The number of rotatable bonds is 4. The number of benzene rings is 1. The molecule has 3 aromatic rings. The minimum absolute atomic E-state index is 0.166. The minimum Gasteiger partial charge on any atom is -0.463 e. The molecule has 0 aliphatic rings. The van der Waals surface area contributed by atoms with Gasteiger partial charge in [-0.15, -0.1) is 0 Å². The van der Waals surface area contributed by atoms with E-state index in [4.69, 9.17) is 4.42 Å². The molecule has 0 bridgehead atoms. The first-order valence-electron chi connectivity index (χ1n) is 6.61. The van der Waals surface area contributed by atoms with Crippen LogP contribution in [-0.2, 0) is 6.54 Å². The summed E-state index contributed by atoms with van der Waals surface area (Å²) in [4.78, 5) is 20.4. The highest BCUT2D eigenvalue weighted by Crippen LogP contribution is 2.19. The number of hydrogen-bond acceptors (Lipinski definition) is 4. The zero-order valence-corrected chi connectivity index (χ0v) is 11.5. The number of furan rings is 1. The lowest BCUT2D eigenvalue weighted by atomic mass is 10.2. The molecule has 0 radical (unpaired) electrons. The summed E-state index contributed by atoms with van der Waals surface area (Å²) in [6.07, 6.45) is 4.63. The van der Waals surface area contributed by atoms with Gasteiger partial charge in [-0.05, 0) is 30.3 Å². The number of carbonyl (C=O) groups excluding carboxylic acids is 1. The summed E-state index contributed by atoms with van der Waals surface area (Å²) in [6, 6.07) is 9.01. The van der Waals surface area contributed by atoms with Gasteiger partial charge in [0.15, 0.2) is 5.76 Å². The minimum atomic E-state index is -0.455. The number of hydrogen-bond donors (Lipinski definition) is 1. The molecule has 1 aromatic carbocycles. The lowest BCUT2D eigenvalue weighted by Gasteiger charge is -2.07. The van der Waals surface area contributed by atoms with Crippen LogP contribution < -0.4 is 5.32 Å². The molecule has 0 aliphatic carbocycles. The fraction of sp³-hybridized carbons (Fsp3) is 0.0625. The summed E-state index contributed by atoms with van der Waals surface area (Å²) in [5, 5.41) is 2.70. The maximum atomic E-state index is 13.1. The Bertz CT molecular complexity index is 788. The molecular weight excluding hydrogens is 285 g/mol. The van der Waals surface area contributed by atoms with Gasteiger partial charge in [-0.1, -0.05) is 6.07 Å². The van der Waals surface area contributed by atoms with Crippen molar-refractivity contribution in [3.8, 4) is 11.5 Å². The quantitative estimate of drug-likeness (QED) is 0.804. The van der Waals surface area contributed by atoms with Crippen LogP contribution in [0.15, 0.2) is 59.5 Å². The number of halogens is 1. The van der Waals surface area contributed by atoms with Crippen LogP contribution in [0.25, 0.3) is 11.5 Å². The molecular formula is C16H12FN3O2. The van der Waals surface area contributed by atoms with Crippen molar-refractivity contribution in [3.05, 3.63) is 72.1 Å². The molecule has 0 unspecified atom stereocenters. The summed E-state index contributed by atoms with van der Waals surface area (Å²) < 4.78 is 18.4. The molecule has 2 aromatic heterocycles. The van der Waals surface area contributed by atoms with E-state index < -0.39 is 5.82 Å². The standard InChI is InChI=1S/C16H12FN3O2/c17-12-4-1-3-11(9-12)16(21)20-10-13-15(19-7-6-18-13)14-5-2-8-22-14/h1-9H,10H2,(H,20,21). The highest BCUT2D eigenvalue weighted by Gasteiger charge is 2.12. The summed E-state index contributed by atoms with van der Waals surface area (Å²) >= 11 is 0. The Hall–Kier alpha value is -3.02. The van der Waals surface area contributed by atoms with E-state index in [2.05, 4.69) is 15.3 Å². The number of aromatic nitrogens is 2. The third-order valence-electron chi connectivity index (χ3n) is 3.03. The first-order valence-corrected chi connectivity index (χ1v) is 6.61. The molecule has 0 saturated heterocycles. The summed E-state index contributed by atoms with van der Waals surface area (Å²) in [7, 11) is 0. The molecule has 22 heavy (non-hydrogen) atoms. The summed E-state index contributed by atoms with van der Waals surface area (Å²) in [5.74, 6) is -0.262. The van der Waals surface area contributed by atoms with Crippen molar-refractivity contribution in [3.63, 3.8) is 0 Å². The highest BCUT2D eigenvalue weighted by molar-refractivity contribution is 5.94. The normalized spacial score (nSPS) is 10.4. The molecule has 3 rings (SSSR count). The average molecular weight is 297 g/mol. The Morgan fingerprint density at radius 3 is 2.82 bits per heavy atom. The van der Waals surface area contributed by atoms with Gasteiger partial charge in [0.05, 0.1) is 18.5 Å². The van der Waals surface area contributed by atoms with Crippen molar-refractivity contribution >= 4 is 5.91 Å². The van der Waals surface area contributed by atoms with E-state index in [9.17, 15) is 9.18 Å². The first-order chi connectivity index (χ1) is 10.7. The zero-order valence-electron chi connectivity index (χ0n) is 11.5. The number of amides is 1. The fourth-order valence-electron chi connectivity index (χ4n) is 2.01. The molecule has 0 fully saturated rings. The largest absolute Gasteiger partial charge is 0.463 e. The van der Waals surface area contributed by atoms with E-state index in [0.717, 1.165) is 0 Å². The second-order valence-corrected chi connectivity index (χ2v) is 4.52. The lowest BCUT2D eigenvalue weighted by Crippen LogP contribution is -2.24. The Morgan fingerprint density at radius 1 is 1.18 bits per heavy atom. The fourth-order valence-corrected chi connectivity index (χ4v) is 2.01. The second-order valence-electron chi connectivity index (χ2n) is 4.52. The molecule has 0 saturated carbocycles. The average Bonchev–Trinajstić information content (AvgIpc) is 3.07. The Balaban J connectivity index is 1.76. The number of nitrogens with zero attached hydrogens (tertiary/aromatic N) is 2. The summed E-state index contributed by atoms with van der Waals surface area (Å²) in [5.41, 5.74) is 1.39. The van der Waals surface area contributed by atoms with Crippen molar-refractivity contribution < 1.29 is 13.6 Å². The Kier molecular flexibility index (Phi) is 3.91. The Labute approximate surface area is 125 Å². The molecule has 0 aliphatic heterocycles. The van der Waals surface area contributed by atoms with Crippen LogP contribution in [0.3, 0.4) is 0 Å². The van der Waals surface area contributed by atoms with Gasteiger partial charge in [-0.2, -0.15) is 0 Å². The predicted molar refractivity (Wildman–Crippen MR) is 77.3 cm³/mol.